The molecular formula is C14H23BrN2. The third-order valence-electron chi connectivity index (χ3n) is 2.73. The van der Waals surface area contributed by atoms with Crippen LogP contribution in [0.4, 0.5) is 0 Å². The monoisotopic (exact) mass is 298 g/mol. The molecule has 0 unspecified atom stereocenters. The minimum Gasteiger partial charge on any atom is -0.315 e. The van der Waals surface area contributed by atoms with Crippen molar-refractivity contribution < 1.29 is 0 Å². The number of hydrogen-bond donors (Lipinski definition) is 2. The smallest absolute Gasteiger partial charge is 0.0209 e. The Labute approximate surface area is 113 Å². The average molecular weight is 299 g/mol. The van der Waals surface area contributed by atoms with Crippen LogP contribution in [0.2, 0.25) is 0 Å². The standard InChI is InChI=1S/C14H23BrN2/c1-11(2)9-16-7-8-17-10-13-5-4-6-14(15)12(13)3/h4-6,11,16-17H,7-10H2,1-3H3. The largest absolute Gasteiger partial charge is 0.315 e. The van der Waals surface area contributed by atoms with E-state index in [9.17, 15) is 0 Å². The Kier molecular flexibility index (Phi) is 6.78. The Hall–Kier alpha value is -0.380. The van der Waals surface area contributed by atoms with Gasteiger partial charge in [0.15, 0.2) is 0 Å². The third-order valence-corrected chi connectivity index (χ3v) is 3.59. The molecule has 0 aliphatic carbocycles. The van der Waals surface area contributed by atoms with Gasteiger partial charge in [-0.3, -0.25) is 0 Å². The summed E-state index contributed by atoms with van der Waals surface area (Å²) < 4.78 is 1.19. The van der Waals surface area contributed by atoms with Crippen LogP contribution in [0.1, 0.15) is 25.0 Å². The first kappa shape index (κ1) is 14.7. The van der Waals surface area contributed by atoms with Crippen LogP contribution >= 0.6 is 15.9 Å². The molecule has 1 rings (SSSR count). The van der Waals surface area contributed by atoms with Gasteiger partial charge in [0.05, 0.1) is 0 Å². The molecule has 3 heteroatoms. The van der Waals surface area contributed by atoms with Crippen molar-refractivity contribution in [1.29, 1.82) is 0 Å². The second kappa shape index (κ2) is 7.85. The first-order chi connectivity index (χ1) is 8.11. The van der Waals surface area contributed by atoms with E-state index in [1.54, 1.807) is 0 Å². The molecule has 0 radical (unpaired) electrons. The molecule has 96 valence electrons. The highest BCUT2D eigenvalue weighted by molar-refractivity contribution is 9.10. The zero-order chi connectivity index (χ0) is 12.7. The van der Waals surface area contributed by atoms with Crippen LogP contribution in [0, 0.1) is 12.8 Å². The number of hydrogen-bond acceptors (Lipinski definition) is 2. The molecule has 0 heterocycles. The maximum absolute atomic E-state index is 3.56. The van der Waals surface area contributed by atoms with E-state index in [2.05, 4.69) is 65.5 Å². The van der Waals surface area contributed by atoms with E-state index >= 15 is 0 Å². The topological polar surface area (TPSA) is 24.1 Å². The third kappa shape index (κ3) is 5.66. The molecule has 0 amide bonds. The fourth-order valence-corrected chi connectivity index (χ4v) is 2.04. The quantitative estimate of drug-likeness (QED) is 0.756. The summed E-state index contributed by atoms with van der Waals surface area (Å²) in [5.74, 6) is 0.724. The van der Waals surface area contributed by atoms with Gasteiger partial charge in [-0.2, -0.15) is 0 Å². The van der Waals surface area contributed by atoms with E-state index in [1.807, 2.05) is 0 Å². The summed E-state index contributed by atoms with van der Waals surface area (Å²) in [7, 11) is 0. The predicted molar refractivity (Wildman–Crippen MR) is 78.3 cm³/mol. The van der Waals surface area contributed by atoms with Gasteiger partial charge in [0.2, 0.25) is 0 Å². The van der Waals surface area contributed by atoms with Crippen LogP contribution < -0.4 is 10.6 Å². The lowest BCUT2D eigenvalue weighted by atomic mass is 10.1. The summed E-state index contributed by atoms with van der Waals surface area (Å²) in [6.07, 6.45) is 0. The highest BCUT2D eigenvalue weighted by atomic mass is 79.9. The molecule has 2 nitrogen and oxygen atoms in total. The molecule has 0 atom stereocenters. The normalized spacial score (nSPS) is 11.1. The summed E-state index contributed by atoms with van der Waals surface area (Å²) in [4.78, 5) is 0. The van der Waals surface area contributed by atoms with Gasteiger partial charge in [0, 0.05) is 24.1 Å². The lowest BCUT2D eigenvalue weighted by Crippen LogP contribution is -2.29. The molecule has 1 aromatic rings. The van der Waals surface area contributed by atoms with Gasteiger partial charge in [0.1, 0.15) is 0 Å². The molecule has 0 aromatic heterocycles. The molecule has 0 aliphatic rings. The van der Waals surface area contributed by atoms with Gasteiger partial charge < -0.3 is 10.6 Å². The van der Waals surface area contributed by atoms with Crippen molar-refractivity contribution in [2.45, 2.75) is 27.3 Å². The molecule has 0 saturated heterocycles. The fraction of sp³-hybridized carbons (Fsp3) is 0.571. The summed E-state index contributed by atoms with van der Waals surface area (Å²) in [6.45, 7) is 10.7. The Bertz CT molecular complexity index is 337. The maximum atomic E-state index is 3.56. The van der Waals surface area contributed by atoms with Crippen molar-refractivity contribution >= 4 is 15.9 Å². The van der Waals surface area contributed by atoms with Crippen LogP contribution in [0.5, 0.6) is 0 Å². The van der Waals surface area contributed by atoms with E-state index in [0.29, 0.717) is 0 Å². The number of halogens is 1. The van der Waals surface area contributed by atoms with E-state index in [0.717, 1.165) is 32.1 Å². The summed E-state index contributed by atoms with van der Waals surface area (Å²) in [5, 5.41) is 6.89. The minimum atomic E-state index is 0.724. The van der Waals surface area contributed by atoms with Crippen molar-refractivity contribution in [2.24, 2.45) is 5.92 Å². The number of nitrogens with one attached hydrogen (secondary N) is 2. The molecule has 0 aliphatic heterocycles. The van der Waals surface area contributed by atoms with Gasteiger partial charge >= 0.3 is 0 Å². The Morgan fingerprint density at radius 2 is 1.88 bits per heavy atom. The van der Waals surface area contributed by atoms with Crippen LogP contribution in [-0.4, -0.2) is 19.6 Å². The van der Waals surface area contributed by atoms with Gasteiger partial charge in [-0.1, -0.05) is 41.9 Å². The van der Waals surface area contributed by atoms with Gasteiger partial charge in [0.25, 0.3) is 0 Å². The highest BCUT2D eigenvalue weighted by Gasteiger charge is 2.00. The molecule has 2 N–H and O–H groups in total. The van der Waals surface area contributed by atoms with Gasteiger partial charge in [-0.25, -0.2) is 0 Å². The number of benzene rings is 1. The van der Waals surface area contributed by atoms with Crippen molar-refractivity contribution in [1.82, 2.24) is 10.6 Å². The van der Waals surface area contributed by atoms with E-state index in [-0.39, 0.29) is 0 Å². The highest BCUT2D eigenvalue weighted by Crippen LogP contribution is 2.18. The first-order valence-electron chi connectivity index (χ1n) is 6.26. The second-order valence-corrected chi connectivity index (χ2v) is 5.65. The Morgan fingerprint density at radius 1 is 1.18 bits per heavy atom. The van der Waals surface area contributed by atoms with E-state index < -0.39 is 0 Å². The summed E-state index contributed by atoms with van der Waals surface area (Å²) in [5.41, 5.74) is 2.69. The Morgan fingerprint density at radius 3 is 2.59 bits per heavy atom. The van der Waals surface area contributed by atoms with Gasteiger partial charge in [-0.05, 0) is 36.6 Å². The van der Waals surface area contributed by atoms with Crippen molar-refractivity contribution in [3.63, 3.8) is 0 Å². The van der Waals surface area contributed by atoms with E-state index in [4.69, 9.17) is 0 Å². The van der Waals surface area contributed by atoms with E-state index in [1.165, 1.54) is 15.6 Å². The maximum Gasteiger partial charge on any atom is 0.0209 e. The lowest BCUT2D eigenvalue weighted by Gasteiger charge is -2.10. The van der Waals surface area contributed by atoms with Crippen LogP contribution in [-0.2, 0) is 6.54 Å². The van der Waals surface area contributed by atoms with Gasteiger partial charge in [-0.15, -0.1) is 0 Å². The van der Waals surface area contributed by atoms with Crippen LogP contribution in [0.3, 0.4) is 0 Å². The first-order valence-corrected chi connectivity index (χ1v) is 7.06. The summed E-state index contributed by atoms with van der Waals surface area (Å²) in [6, 6.07) is 6.35. The molecule has 0 saturated carbocycles. The SMILES string of the molecule is Cc1c(Br)cccc1CNCCNCC(C)C. The fourth-order valence-electron chi connectivity index (χ4n) is 1.63. The molecule has 0 fully saturated rings. The number of rotatable bonds is 7. The summed E-state index contributed by atoms with van der Waals surface area (Å²) >= 11 is 3.56. The molecule has 17 heavy (non-hydrogen) atoms. The minimum absolute atomic E-state index is 0.724. The van der Waals surface area contributed by atoms with Crippen molar-refractivity contribution in [3.05, 3.63) is 33.8 Å². The van der Waals surface area contributed by atoms with Crippen molar-refractivity contribution in [3.8, 4) is 0 Å². The molecular weight excluding hydrogens is 276 g/mol. The lowest BCUT2D eigenvalue weighted by molar-refractivity contribution is 0.535. The van der Waals surface area contributed by atoms with Crippen LogP contribution in [0.25, 0.3) is 0 Å². The van der Waals surface area contributed by atoms with Crippen LogP contribution in [0.15, 0.2) is 22.7 Å². The predicted octanol–water partition coefficient (Wildman–Crippen LogP) is 3.09. The molecule has 0 bridgehead atoms. The average Bonchev–Trinajstić information content (AvgIpc) is 2.28. The Balaban J connectivity index is 2.20. The van der Waals surface area contributed by atoms with Crippen molar-refractivity contribution in [2.75, 3.05) is 19.6 Å². The molecule has 1 aromatic carbocycles. The zero-order valence-electron chi connectivity index (χ0n) is 11.0. The second-order valence-electron chi connectivity index (χ2n) is 4.80. The zero-order valence-corrected chi connectivity index (χ0v) is 12.6. The molecule has 0 spiro atoms.